The van der Waals surface area contributed by atoms with E-state index in [2.05, 4.69) is 0 Å². The summed E-state index contributed by atoms with van der Waals surface area (Å²) >= 11 is 5.74. The van der Waals surface area contributed by atoms with E-state index in [0.29, 0.717) is 23.8 Å². The van der Waals surface area contributed by atoms with E-state index in [0.717, 1.165) is 5.69 Å². The SMILES string of the molecule is O=C1OC(CO)CN1c1ccc(Cl)cc1.O=C1OC(CO)CN1c1ccc(F)cc1. The second kappa shape index (κ2) is 9.75. The van der Waals surface area contributed by atoms with Crippen LogP contribution >= 0.6 is 11.6 Å². The molecule has 2 amide bonds. The first kappa shape index (κ1) is 21.8. The highest BCUT2D eigenvalue weighted by Crippen LogP contribution is 2.23. The van der Waals surface area contributed by atoms with Crippen molar-refractivity contribution in [3.63, 3.8) is 0 Å². The second-order valence-corrected chi connectivity index (χ2v) is 6.99. The zero-order valence-corrected chi connectivity index (χ0v) is 16.5. The highest BCUT2D eigenvalue weighted by Gasteiger charge is 2.32. The number of aliphatic hydroxyl groups is 2. The minimum Gasteiger partial charge on any atom is -0.441 e. The average Bonchev–Trinajstić information content (AvgIpc) is 3.32. The number of carbonyl (C=O) groups is 2. The monoisotopic (exact) mass is 438 g/mol. The number of ether oxygens (including phenoxy) is 2. The number of halogens is 2. The van der Waals surface area contributed by atoms with Crippen molar-refractivity contribution in [3.05, 3.63) is 59.4 Å². The lowest BCUT2D eigenvalue weighted by molar-refractivity contribution is 0.0960. The zero-order valence-electron chi connectivity index (χ0n) is 15.8. The molecule has 2 aromatic rings. The first-order valence-corrected chi connectivity index (χ1v) is 9.48. The van der Waals surface area contributed by atoms with Crippen LogP contribution in [-0.2, 0) is 9.47 Å². The van der Waals surface area contributed by atoms with Crippen molar-refractivity contribution in [2.75, 3.05) is 36.1 Å². The summed E-state index contributed by atoms with van der Waals surface area (Å²) in [6.45, 7) is 0.303. The highest BCUT2D eigenvalue weighted by atomic mass is 35.5. The summed E-state index contributed by atoms with van der Waals surface area (Å²) in [4.78, 5) is 25.5. The van der Waals surface area contributed by atoms with Gasteiger partial charge >= 0.3 is 12.2 Å². The summed E-state index contributed by atoms with van der Waals surface area (Å²) in [5.41, 5.74) is 1.29. The molecule has 2 saturated heterocycles. The lowest BCUT2D eigenvalue weighted by Gasteiger charge is -2.12. The predicted molar refractivity (Wildman–Crippen MR) is 107 cm³/mol. The Morgan fingerprint density at radius 1 is 0.833 bits per heavy atom. The van der Waals surface area contributed by atoms with Gasteiger partial charge in [-0.3, -0.25) is 9.80 Å². The van der Waals surface area contributed by atoms with Crippen LogP contribution in [0.5, 0.6) is 0 Å². The fraction of sp³-hybridized carbons (Fsp3) is 0.300. The third-order valence-corrected chi connectivity index (χ3v) is 4.68. The Morgan fingerprint density at radius 2 is 1.23 bits per heavy atom. The van der Waals surface area contributed by atoms with Gasteiger partial charge in [0, 0.05) is 16.4 Å². The molecule has 30 heavy (non-hydrogen) atoms. The fourth-order valence-electron chi connectivity index (χ4n) is 2.90. The third kappa shape index (κ3) is 5.18. The van der Waals surface area contributed by atoms with Crippen LogP contribution in [0.3, 0.4) is 0 Å². The summed E-state index contributed by atoms with van der Waals surface area (Å²) in [5, 5.41) is 18.3. The number of carbonyl (C=O) groups excluding carboxylic acids is 2. The molecule has 0 bridgehead atoms. The molecule has 2 heterocycles. The van der Waals surface area contributed by atoms with Gasteiger partial charge < -0.3 is 19.7 Å². The molecule has 4 rings (SSSR count). The number of amides is 2. The number of benzene rings is 2. The van der Waals surface area contributed by atoms with Gasteiger partial charge in [-0.15, -0.1) is 0 Å². The van der Waals surface area contributed by atoms with Crippen LogP contribution in [0.1, 0.15) is 0 Å². The molecule has 0 spiro atoms. The largest absolute Gasteiger partial charge is 0.441 e. The highest BCUT2D eigenvalue weighted by molar-refractivity contribution is 6.30. The summed E-state index contributed by atoms with van der Waals surface area (Å²) in [6, 6.07) is 12.4. The van der Waals surface area contributed by atoms with Crippen LogP contribution in [0.2, 0.25) is 5.02 Å². The molecule has 0 aliphatic carbocycles. The molecule has 2 aliphatic rings. The van der Waals surface area contributed by atoms with Gasteiger partial charge in [0.15, 0.2) is 0 Å². The van der Waals surface area contributed by atoms with Gasteiger partial charge in [-0.2, -0.15) is 0 Å². The zero-order chi connectivity index (χ0) is 21.7. The molecule has 0 aromatic heterocycles. The van der Waals surface area contributed by atoms with E-state index >= 15 is 0 Å². The van der Waals surface area contributed by atoms with Crippen molar-refractivity contribution in [1.29, 1.82) is 0 Å². The maximum absolute atomic E-state index is 12.6. The topological polar surface area (TPSA) is 99.5 Å². The fourth-order valence-corrected chi connectivity index (χ4v) is 3.02. The molecule has 2 aliphatic heterocycles. The van der Waals surface area contributed by atoms with E-state index in [9.17, 15) is 14.0 Å². The Morgan fingerprint density at radius 3 is 1.60 bits per heavy atom. The Balaban J connectivity index is 0.000000171. The number of aliphatic hydroxyl groups excluding tert-OH is 2. The van der Waals surface area contributed by atoms with Crippen molar-refractivity contribution in [3.8, 4) is 0 Å². The lowest BCUT2D eigenvalue weighted by atomic mass is 10.3. The van der Waals surface area contributed by atoms with E-state index in [1.165, 1.54) is 34.1 Å². The smallest absolute Gasteiger partial charge is 0.414 e. The van der Waals surface area contributed by atoms with Crippen LogP contribution in [0.15, 0.2) is 48.5 Å². The van der Waals surface area contributed by atoms with Gasteiger partial charge in [0.25, 0.3) is 0 Å². The molecule has 0 saturated carbocycles. The molecular weight excluding hydrogens is 419 g/mol. The van der Waals surface area contributed by atoms with Gasteiger partial charge in [-0.25, -0.2) is 14.0 Å². The molecule has 2 fully saturated rings. The molecule has 10 heteroatoms. The van der Waals surface area contributed by atoms with Crippen molar-refractivity contribution in [1.82, 2.24) is 0 Å². The van der Waals surface area contributed by atoms with Crippen LogP contribution < -0.4 is 9.80 Å². The molecule has 2 aromatic carbocycles. The molecule has 2 N–H and O–H groups in total. The van der Waals surface area contributed by atoms with Gasteiger partial charge in [-0.1, -0.05) is 11.6 Å². The molecule has 160 valence electrons. The molecular formula is C20H20ClFN2O6. The van der Waals surface area contributed by atoms with Crippen molar-refractivity contribution >= 4 is 35.2 Å². The summed E-state index contributed by atoms with van der Waals surface area (Å²) in [6.07, 6.45) is -1.88. The van der Waals surface area contributed by atoms with Crippen molar-refractivity contribution in [2.24, 2.45) is 0 Å². The number of hydrogen-bond donors (Lipinski definition) is 2. The number of hydrogen-bond acceptors (Lipinski definition) is 6. The number of anilines is 2. The second-order valence-electron chi connectivity index (χ2n) is 6.55. The summed E-state index contributed by atoms with van der Waals surface area (Å²) < 4.78 is 22.4. The molecule has 0 radical (unpaired) electrons. The predicted octanol–water partition coefficient (Wildman–Crippen LogP) is 2.80. The Kier molecular flexibility index (Phi) is 7.09. The van der Waals surface area contributed by atoms with Gasteiger partial charge in [0.2, 0.25) is 0 Å². The summed E-state index contributed by atoms with van der Waals surface area (Å²) in [7, 11) is 0. The van der Waals surface area contributed by atoms with E-state index < -0.39 is 24.4 Å². The Hall–Kier alpha value is -2.88. The Bertz CT molecular complexity index is 806. The summed E-state index contributed by atoms with van der Waals surface area (Å²) in [5.74, 6) is -0.356. The van der Waals surface area contributed by atoms with Gasteiger partial charge in [0.05, 0.1) is 26.3 Å². The third-order valence-electron chi connectivity index (χ3n) is 4.43. The van der Waals surface area contributed by atoms with Crippen molar-refractivity contribution < 1.29 is 33.7 Å². The van der Waals surface area contributed by atoms with Crippen molar-refractivity contribution in [2.45, 2.75) is 12.2 Å². The molecule has 2 atom stereocenters. The van der Waals surface area contributed by atoms with Gasteiger partial charge in [0.1, 0.15) is 18.0 Å². The standard InChI is InChI=1S/C10H10ClNO3.C10H10FNO3/c2*11-7-1-3-8(4-2-7)12-5-9(6-13)15-10(12)14/h2*1-4,9,13H,5-6H2. The quantitative estimate of drug-likeness (QED) is 0.761. The minimum atomic E-state index is -0.513. The number of rotatable bonds is 4. The number of nitrogens with zero attached hydrogens (tertiary/aromatic N) is 2. The molecule has 2 unspecified atom stereocenters. The van der Waals surface area contributed by atoms with Crippen LogP contribution in [0.4, 0.5) is 25.4 Å². The van der Waals surface area contributed by atoms with E-state index in [1.807, 2.05) is 0 Å². The first-order chi connectivity index (χ1) is 14.4. The number of cyclic esters (lactones) is 2. The van der Waals surface area contributed by atoms with Crippen LogP contribution in [0.25, 0.3) is 0 Å². The lowest BCUT2D eigenvalue weighted by Crippen LogP contribution is -2.25. The van der Waals surface area contributed by atoms with Gasteiger partial charge in [-0.05, 0) is 48.5 Å². The van der Waals surface area contributed by atoms with E-state index in [1.54, 1.807) is 24.3 Å². The normalized spacial score (nSPS) is 20.5. The van der Waals surface area contributed by atoms with Crippen LogP contribution in [-0.4, -0.2) is 60.9 Å². The van der Waals surface area contributed by atoms with E-state index in [-0.39, 0.29) is 19.0 Å². The van der Waals surface area contributed by atoms with E-state index in [4.69, 9.17) is 31.3 Å². The Labute approximate surface area is 177 Å². The molecule has 8 nitrogen and oxygen atoms in total. The first-order valence-electron chi connectivity index (χ1n) is 9.10. The minimum absolute atomic E-state index is 0.157. The maximum Gasteiger partial charge on any atom is 0.414 e. The average molecular weight is 439 g/mol. The van der Waals surface area contributed by atoms with Crippen LogP contribution in [0, 0.1) is 5.82 Å². The maximum atomic E-state index is 12.6.